The van der Waals surface area contributed by atoms with Crippen molar-refractivity contribution in [2.45, 2.75) is 0 Å². The quantitative estimate of drug-likeness (QED) is 0.536. The van der Waals surface area contributed by atoms with Crippen LogP contribution in [-0.4, -0.2) is 47.1 Å². The van der Waals surface area contributed by atoms with Crippen LogP contribution in [0, 0.1) is 48.4 Å². The number of hydrogen-bond donors (Lipinski definition) is 2. The summed E-state index contributed by atoms with van der Waals surface area (Å²) in [7, 11) is 0. The standard InChI is InChI=1S/C26H18N2O6/c1-3-13-5-15(25(31)32)9-17(7-13)27-11-19-20(12-27)22-21(19)23(29)28(24(22)30)18-8-14(4-2)6-16(10-18)26(33)34/h1-2,5-10,19-22H,11-12H2,(H,31,32)(H,33,34). The summed E-state index contributed by atoms with van der Waals surface area (Å²) < 4.78 is 0. The van der Waals surface area contributed by atoms with E-state index >= 15 is 0 Å². The molecule has 2 amide bonds. The van der Waals surface area contributed by atoms with Gasteiger partial charge in [0, 0.05) is 29.9 Å². The van der Waals surface area contributed by atoms with E-state index in [0.717, 1.165) is 4.90 Å². The van der Waals surface area contributed by atoms with Gasteiger partial charge < -0.3 is 15.1 Å². The first-order chi connectivity index (χ1) is 16.2. The number of carbonyl (C=O) groups excluding carboxylic acids is 2. The summed E-state index contributed by atoms with van der Waals surface area (Å²) >= 11 is 0. The monoisotopic (exact) mass is 454 g/mol. The molecule has 4 unspecified atom stereocenters. The van der Waals surface area contributed by atoms with E-state index < -0.39 is 23.8 Å². The van der Waals surface area contributed by atoms with E-state index in [1.165, 1.54) is 24.3 Å². The lowest BCUT2D eigenvalue weighted by molar-refractivity contribution is -0.132. The van der Waals surface area contributed by atoms with Crippen LogP contribution in [0.4, 0.5) is 11.4 Å². The van der Waals surface area contributed by atoms with Crippen molar-refractivity contribution in [1.82, 2.24) is 0 Å². The van der Waals surface area contributed by atoms with Gasteiger partial charge in [0.05, 0.1) is 28.7 Å². The van der Waals surface area contributed by atoms with Gasteiger partial charge in [-0.2, -0.15) is 0 Å². The summed E-state index contributed by atoms with van der Waals surface area (Å²) in [5, 5.41) is 18.8. The molecule has 0 spiro atoms. The molecule has 4 atom stereocenters. The van der Waals surface area contributed by atoms with Crippen LogP contribution in [-0.2, 0) is 9.59 Å². The van der Waals surface area contributed by atoms with Gasteiger partial charge in [-0.25, -0.2) is 14.5 Å². The first-order valence-electron chi connectivity index (χ1n) is 10.6. The van der Waals surface area contributed by atoms with Crippen molar-refractivity contribution in [1.29, 1.82) is 0 Å². The SMILES string of the molecule is C#Cc1cc(C(=O)O)cc(N2CC3C(C2)C2C(=O)N(c4cc(C#C)cc(C(=O)O)c4)C(=O)C32)c1. The van der Waals surface area contributed by atoms with Crippen molar-refractivity contribution in [3.05, 3.63) is 58.7 Å². The molecule has 2 aliphatic heterocycles. The number of carboxylic acid groups (broad SMARTS) is 2. The van der Waals surface area contributed by atoms with Crippen LogP contribution in [0.2, 0.25) is 0 Å². The third-order valence-electron chi connectivity index (χ3n) is 7.02. The van der Waals surface area contributed by atoms with E-state index in [9.17, 15) is 29.4 Å². The van der Waals surface area contributed by atoms with Gasteiger partial charge >= 0.3 is 11.9 Å². The number of hydrogen-bond acceptors (Lipinski definition) is 5. The molecule has 0 radical (unpaired) electrons. The van der Waals surface area contributed by atoms with Gasteiger partial charge in [0.2, 0.25) is 11.8 Å². The predicted octanol–water partition coefficient (Wildman–Crippen LogP) is 1.92. The van der Waals surface area contributed by atoms with Crippen molar-refractivity contribution in [2.24, 2.45) is 23.7 Å². The predicted molar refractivity (Wildman–Crippen MR) is 121 cm³/mol. The van der Waals surface area contributed by atoms with Crippen molar-refractivity contribution in [3.63, 3.8) is 0 Å². The third kappa shape index (κ3) is 3.04. The van der Waals surface area contributed by atoms with Crippen LogP contribution in [0.1, 0.15) is 31.8 Å². The Morgan fingerprint density at radius 3 is 1.65 bits per heavy atom. The fourth-order valence-electron chi connectivity index (χ4n) is 5.49. The zero-order chi connectivity index (χ0) is 24.3. The molecule has 1 aliphatic carbocycles. The molecule has 2 N–H and O–H groups in total. The van der Waals surface area contributed by atoms with E-state index in [0.29, 0.717) is 24.3 Å². The number of fused-ring (bicyclic) bond motifs is 4. The van der Waals surface area contributed by atoms with Gasteiger partial charge in [0.15, 0.2) is 0 Å². The summed E-state index contributed by atoms with van der Waals surface area (Å²) in [6.45, 7) is 0.965. The molecule has 34 heavy (non-hydrogen) atoms. The zero-order valence-electron chi connectivity index (χ0n) is 17.8. The fourth-order valence-corrected chi connectivity index (χ4v) is 5.49. The van der Waals surface area contributed by atoms with E-state index in [4.69, 9.17) is 12.8 Å². The average molecular weight is 454 g/mol. The second-order valence-electron chi connectivity index (χ2n) is 8.73. The van der Waals surface area contributed by atoms with E-state index in [-0.39, 0.29) is 46.0 Å². The van der Waals surface area contributed by atoms with Crippen LogP contribution in [0.3, 0.4) is 0 Å². The van der Waals surface area contributed by atoms with Crippen molar-refractivity contribution in [3.8, 4) is 24.7 Å². The van der Waals surface area contributed by atoms with E-state index in [1.54, 1.807) is 12.1 Å². The first kappa shape index (κ1) is 21.3. The van der Waals surface area contributed by atoms with Crippen LogP contribution in [0.15, 0.2) is 36.4 Å². The molecule has 5 rings (SSSR count). The number of rotatable bonds is 4. The Balaban J connectivity index is 1.43. The molecule has 8 heteroatoms. The molecule has 2 saturated heterocycles. The van der Waals surface area contributed by atoms with Gasteiger partial charge in [-0.3, -0.25) is 9.59 Å². The summed E-state index contributed by atoms with van der Waals surface area (Å²) in [4.78, 5) is 52.5. The molecule has 2 heterocycles. The lowest BCUT2D eigenvalue weighted by Gasteiger charge is -2.39. The second kappa shape index (κ2) is 7.50. The largest absolute Gasteiger partial charge is 0.478 e. The lowest BCUT2D eigenvalue weighted by Crippen LogP contribution is -2.47. The second-order valence-corrected chi connectivity index (χ2v) is 8.73. The van der Waals surface area contributed by atoms with Crippen molar-refractivity contribution < 1.29 is 29.4 Å². The Bertz CT molecular complexity index is 1350. The van der Waals surface area contributed by atoms with Gasteiger partial charge in [0.25, 0.3) is 0 Å². The number of benzene rings is 2. The van der Waals surface area contributed by atoms with Crippen LogP contribution in [0.25, 0.3) is 0 Å². The number of anilines is 2. The van der Waals surface area contributed by atoms with Gasteiger partial charge in [-0.1, -0.05) is 11.8 Å². The molecule has 0 aromatic heterocycles. The summed E-state index contributed by atoms with van der Waals surface area (Å²) in [6, 6.07) is 8.75. The first-order valence-corrected chi connectivity index (χ1v) is 10.6. The average Bonchev–Trinajstić information content (AvgIpc) is 3.27. The van der Waals surface area contributed by atoms with Crippen LogP contribution < -0.4 is 9.80 Å². The number of carboxylic acids is 2. The zero-order valence-corrected chi connectivity index (χ0v) is 17.8. The topological polar surface area (TPSA) is 115 Å². The molecule has 1 saturated carbocycles. The van der Waals surface area contributed by atoms with Crippen molar-refractivity contribution >= 4 is 35.1 Å². The highest BCUT2D eigenvalue weighted by molar-refractivity contribution is 6.23. The Morgan fingerprint density at radius 1 is 0.765 bits per heavy atom. The summed E-state index contributed by atoms with van der Waals surface area (Å²) in [5.74, 6) is 0.609. The van der Waals surface area contributed by atoms with Gasteiger partial charge in [-0.05, 0) is 48.2 Å². The number of nitrogens with zero attached hydrogens (tertiary/aromatic N) is 2. The number of imide groups is 1. The minimum atomic E-state index is -1.21. The highest BCUT2D eigenvalue weighted by Gasteiger charge is 2.66. The van der Waals surface area contributed by atoms with Crippen LogP contribution >= 0.6 is 0 Å². The molecular formula is C26H18N2O6. The maximum atomic E-state index is 13.3. The lowest BCUT2D eigenvalue weighted by atomic mass is 9.59. The molecule has 2 aromatic rings. The smallest absolute Gasteiger partial charge is 0.335 e. The maximum absolute atomic E-state index is 13.3. The van der Waals surface area contributed by atoms with Crippen LogP contribution in [0.5, 0.6) is 0 Å². The summed E-state index contributed by atoms with van der Waals surface area (Å²) in [5.41, 5.74) is 1.49. The molecule has 3 fully saturated rings. The Hall–Kier alpha value is -4.56. The minimum Gasteiger partial charge on any atom is -0.478 e. The molecule has 2 aromatic carbocycles. The highest BCUT2D eigenvalue weighted by atomic mass is 16.4. The Labute approximate surface area is 194 Å². The molecule has 0 bridgehead atoms. The maximum Gasteiger partial charge on any atom is 0.335 e. The van der Waals surface area contributed by atoms with Crippen molar-refractivity contribution in [2.75, 3.05) is 22.9 Å². The Morgan fingerprint density at radius 2 is 1.21 bits per heavy atom. The van der Waals surface area contributed by atoms with E-state index in [1.807, 2.05) is 4.90 Å². The summed E-state index contributed by atoms with van der Waals surface area (Å²) in [6.07, 6.45) is 10.9. The normalized spacial score (nSPS) is 24.6. The molecular weight excluding hydrogens is 436 g/mol. The van der Waals surface area contributed by atoms with Gasteiger partial charge in [0.1, 0.15) is 0 Å². The molecule has 3 aliphatic rings. The molecule has 168 valence electrons. The number of carbonyl (C=O) groups is 4. The number of terminal acetylenes is 2. The minimum absolute atomic E-state index is 0.0749. The molecule has 8 nitrogen and oxygen atoms in total. The Kier molecular flexibility index (Phi) is 4.70. The third-order valence-corrected chi connectivity index (χ3v) is 7.02. The van der Waals surface area contributed by atoms with E-state index in [2.05, 4.69) is 11.8 Å². The highest BCUT2D eigenvalue weighted by Crippen LogP contribution is 2.56. The van der Waals surface area contributed by atoms with Gasteiger partial charge in [-0.15, -0.1) is 12.8 Å². The fraction of sp³-hybridized carbons (Fsp3) is 0.231. The number of aromatic carboxylic acids is 2. The number of amides is 2.